The molecule has 1 atom stereocenters. The summed E-state index contributed by atoms with van der Waals surface area (Å²) in [6.07, 6.45) is 1.72. The monoisotopic (exact) mass is 549 g/mol. The van der Waals surface area contributed by atoms with Gasteiger partial charge in [-0.15, -0.1) is 0 Å². The van der Waals surface area contributed by atoms with E-state index in [-0.39, 0.29) is 34.6 Å². The maximum Gasteiger partial charge on any atom is 0.274 e. The molecule has 0 radical (unpaired) electrons. The minimum absolute atomic E-state index is 0.0171. The molecule has 1 aliphatic heterocycles. The summed E-state index contributed by atoms with van der Waals surface area (Å²) >= 11 is 7.62. The minimum atomic E-state index is -3.23. The van der Waals surface area contributed by atoms with Crippen LogP contribution in [0.4, 0.5) is 4.39 Å². The highest BCUT2D eigenvalue weighted by molar-refractivity contribution is 7.98. The van der Waals surface area contributed by atoms with Gasteiger partial charge in [0.25, 0.3) is 5.91 Å². The van der Waals surface area contributed by atoms with E-state index in [2.05, 4.69) is 9.97 Å². The SMILES string of the molecule is CCOc1ccc(CN(C(=O)c2nc(SCc3ccc(F)cc3)ncc2Cl)C2CCS(=O)(=O)C2)cc1. The highest BCUT2D eigenvalue weighted by Gasteiger charge is 2.36. The summed E-state index contributed by atoms with van der Waals surface area (Å²) < 4.78 is 43.1. The molecule has 0 saturated carbocycles. The molecule has 1 unspecified atom stereocenters. The van der Waals surface area contributed by atoms with Crippen LogP contribution >= 0.6 is 23.4 Å². The molecule has 3 aromatic rings. The standard InChI is InChI=1S/C25H25ClFN3O4S2/c1-2-34-21-9-5-17(6-10-21)14-30(20-11-12-36(32,33)16-20)24(31)23-22(26)13-28-25(29-23)35-15-18-3-7-19(27)8-4-18/h3-10,13,20H,2,11-12,14-16H2,1H3. The Hall–Kier alpha value is -2.69. The molecule has 36 heavy (non-hydrogen) atoms. The van der Waals surface area contributed by atoms with Crippen LogP contribution in [0, 0.1) is 5.82 Å². The third-order valence-corrected chi connectivity index (χ3v) is 8.66. The van der Waals surface area contributed by atoms with Crippen molar-refractivity contribution >= 4 is 39.1 Å². The van der Waals surface area contributed by atoms with Crippen LogP contribution in [-0.2, 0) is 22.1 Å². The summed E-state index contributed by atoms with van der Waals surface area (Å²) in [5, 5.41) is 0.427. The lowest BCUT2D eigenvalue weighted by molar-refractivity contribution is 0.0674. The number of thioether (sulfide) groups is 1. The van der Waals surface area contributed by atoms with Gasteiger partial charge in [-0.3, -0.25) is 4.79 Å². The molecule has 7 nitrogen and oxygen atoms in total. The van der Waals surface area contributed by atoms with Gasteiger partial charge in [-0.2, -0.15) is 0 Å². The van der Waals surface area contributed by atoms with Gasteiger partial charge in [-0.05, 0) is 48.7 Å². The van der Waals surface area contributed by atoms with Crippen LogP contribution in [0.25, 0.3) is 0 Å². The predicted octanol–water partition coefficient (Wildman–Crippen LogP) is 4.79. The number of nitrogens with zero attached hydrogens (tertiary/aromatic N) is 3. The van der Waals surface area contributed by atoms with Crippen LogP contribution < -0.4 is 4.74 Å². The molecule has 1 aliphatic rings. The number of aromatic nitrogens is 2. The molecule has 0 bridgehead atoms. The number of sulfone groups is 1. The summed E-state index contributed by atoms with van der Waals surface area (Å²) in [6.45, 7) is 2.63. The van der Waals surface area contributed by atoms with Gasteiger partial charge in [-0.25, -0.2) is 22.8 Å². The van der Waals surface area contributed by atoms with Crippen molar-refractivity contribution in [3.63, 3.8) is 0 Å². The zero-order valence-corrected chi connectivity index (χ0v) is 22.0. The Bertz CT molecular complexity index is 1320. The smallest absolute Gasteiger partial charge is 0.274 e. The number of hydrogen-bond acceptors (Lipinski definition) is 7. The second-order valence-electron chi connectivity index (χ2n) is 8.33. The van der Waals surface area contributed by atoms with Crippen molar-refractivity contribution in [3.8, 4) is 5.75 Å². The van der Waals surface area contributed by atoms with Gasteiger partial charge >= 0.3 is 0 Å². The van der Waals surface area contributed by atoms with Crippen molar-refractivity contribution in [2.45, 2.75) is 36.8 Å². The first-order valence-electron chi connectivity index (χ1n) is 11.4. The number of hydrogen-bond donors (Lipinski definition) is 0. The molecule has 1 fully saturated rings. The third-order valence-electron chi connectivity index (χ3n) is 5.70. The largest absolute Gasteiger partial charge is 0.494 e. The quantitative estimate of drug-likeness (QED) is 0.280. The summed E-state index contributed by atoms with van der Waals surface area (Å²) in [4.78, 5) is 23.8. The molecule has 0 aliphatic carbocycles. The maximum atomic E-state index is 13.7. The van der Waals surface area contributed by atoms with Crippen LogP contribution in [0.15, 0.2) is 59.9 Å². The highest BCUT2D eigenvalue weighted by atomic mass is 35.5. The van der Waals surface area contributed by atoms with Crippen LogP contribution in [0.1, 0.15) is 35.0 Å². The van der Waals surface area contributed by atoms with Crippen molar-refractivity contribution in [2.75, 3.05) is 18.1 Å². The number of carbonyl (C=O) groups is 1. The zero-order chi connectivity index (χ0) is 25.7. The van der Waals surface area contributed by atoms with E-state index in [4.69, 9.17) is 16.3 Å². The van der Waals surface area contributed by atoms with Gasteiger partial charge < -0.3 is 9.64 Å². The molecular formula is C25H25ClFN3O4S2. The number of halogens is 2. The summed E-state index contributed by atoms with van der Waals surface area (Å²) in [5.74, 6) is 0.338. The van der Waals surface area contributed by atoms with Crippen LogP contribution in [0.3, 0.4) is 0 Å². The lowest BCUT2D eigenvalue weighted by atomic mass is 10.1. The molecule has 2 aromatic carbocycles. The van der Waals surface area contributed by atoms with Crippen molar-refractivity contribution < 1.29 is 22.3 Å². The first-order chi connectivity index (χ1) is 17.2. The van der Waals surface area contributed by atoms with Gasteiger partial charge in [0, 0.05) is 18.3 Å². The van der Waals surface area contributed by atoms with E-state index < -0.39 is 21.8 Å². The van der Waals surface area contributed by atoms with E-state index in [0.29, 0.717) is 29.7 Å². The Balaban J connectivity index is 1.57. The Labute approximate surface area is 219 Å². The van der Waals surface area contributed by atoms with Gasteiger partial charge in [0.05, 0.1) is 29.3 Å². The molecule has 11 heteroatoms. The second kappa shape index (κ2) is 11.6. The summed E-state index contributed by atoms with van der Waals surface area (Å²) in [6, 6.07) is 12.9. The van der Waals surface area contributed by atoms with Crippen molar-refractivity contribution in [1.82, 2.24) is 14.9 Å². The average Bonchev–Trinajstić information content (AvgIpc) is 3.23. The Morgan fingerprint density at radius 3 is 2.50 bits per heavy atom. The maximum absolute atomic E-state index is 13.7. The Morgan fingerprint density at radius 2 is 1.86 bits per heavy atom. The number of carbonyl (C=O) groups excluding carboxylic acids is 1. The predicted molar refractivity (Wildman–Crippen MR) is 138 cm³/mol. The van der Waals surface area contributed by atoms with Crippen LogP contribution in [-0.4, -0.2) is 53.3 Å². The first kappa shape index (κ1) is 26.4. The molecule has 0 N–H and O–H groups in total. The average molecular weight is 550 g/mol. The van der Waals surface area contributed by atoms with Gasteiger partial charge in [0.2, 0.25) is 0 Å². The number of ether oxygens (including phenoxy) is 1. The molecule has 0 spiro atoms. The third kappa shape index (κ3) is 6.74. The summed E-state index contributed by atoms with van der Waals surface area (Å²) in [5.41, 5.74) is 1.72. The fourth-order valence-corrected chi connectivity index (χ4v) is 6.55. The number of amides is 1. The van der Waals surface area contributed by atoms with E-state index in [0.717, 1.165) is 11.1 Å². The number of benzene rings is 2. The zero-order valence-electron chi connectivity index (χ0n) is 19.6. The normalized spacial score (nSPS) is 16.6. The van der Waals surface area contributed by atoms with Crippen LogP contribution in [0.2, 0.25) is 5.02 Å². The molecule has 4 rings (SSSR count). The molecule has 1 saturated heterocycles. The molecule has 2 heterocycles. The van der Waals surface area contributed by atoms with E-state index in [1.807, 2.05) is 31.2 Å². The minimum Gasteiger partial charge on any atom is -0.494 e. The van der Waals surface area contributed by atoms with E-state index in [1.54, 1.807) is 12.1 Å². The van der Waals surface area contributed by atoms with Crippen molar-refractivity contribution in [2.24, 2.45) is 0 Å². The fraction of sp³-hybridized carbons (Fsp3) is 0.320. The molecule has 190 valence electrons. The van der Waals surface area contributed by atoms with Gasteiger partial charge in [-0.1, -0.05) is 47.6 Å². The lowest BCUT2D eigenvalue weighted by Crippen LogP contribution is -2.41. The lowest BCUT2D eigenvalue weighted by Gasteiger charge is -2.28. The topological polar surface area (TPSA) is 89.5 Å². The van der Waals surface area contributed by atoms with Crippen molar-refractivity contribution in [3.05, 3.63) is 82.4 Å². The summed E-state index contributed by atoms with van der Waals surface area (Å²) in [7, 11) is -3.23. The van der Waals surface area contributed by atoms with E-state index in [9.17, 15) is 17.6 Å². The first-order valence-corrected chi connectivity index (χ1v) is 14.6. The van der Waals surface area contributed by atoms with E-state index >= 15 is 0 Å². The second-order valence-corrected chi connectivity index (χ2v) is 11.9. The van der Waals surface area contributed by atoms with Crippen LogP contribution in [0.5, 0.6) is 5.75 Å². The Morgan fingerprint density at radius 1 is 1.17 bits per heavy atom. The van der Waals surface area contributed by atoms with Gasteiger partial charge in [0.1, 0.15) is 11.6 Å². The fourth-order valence-electron chi connectivity index (χ4n) is 3.88. The van der Waals surface area contributed by atoms with Gasteiger partial charge in [0.15, 0.2) is 20.7 Å². The number of rotatable bonds is 9. The Kier molecular flexibility index (Phi) is 8.48. The molecule has 1 amide bonds. The molecule has 1 aromatic heterocycles. The highest BCUT2D eigenvalue weighted by Crippen LogP contribution is 2.27. The molecular weight excluding hydrogens is 525 g/mol. The van der Waals surface area contributed by atoms with Crippen molar-refractivity contribution in [1.29, 1.82) is 0 Å². The van der Waals surface area contributed by atoms with E-state index in [1.165, 1.54) is 35.0 Å².